The number of rotatable bonds is 4. The van der Waals surface area contributed by atoms with Crippen molar-refractivity contribution in [2.24, 2.45) is 0 Å². The third kappa shape index (κ3) is 6.14. The molecule has 0 unspecified atom stereocenters. The first-order chi connectivity index (χ1) is 31.2. The molecule has 2 aliphatic heterocycles. The lowest BCUT2D eigenvalue weighted by atomic mass is 9.35. The number of para-hydroxylation sites is 2. The zero-order chi connectivity index (χ0) is 44.7. The van der Waals surface area contributed by atoms with Gasteiger partial charge in [-0.1, -0.05) is 120 Å². The minimum atomic E-state index is -0.193. The predicted molar refractivity (Wildman–Crippen MR) is 272 cm³/mol. The summed E-state index contributed by atoms with van der Waals surface area (Å²) in [6, 6.07) is 52.7. The summed E-state index contributed by atoms with van der Waals surface area (Å²) in [5, 5.41) is 3.29. The first-order valence-corrected chi connectivity index (χ1v) is 22.8. The lowest BCUT2D eigenvalue weighted by Gasteiger charge is -2.43. The molecule has 10 aromatic rings. The summed E-state index contributed by atoms with van der Waals surface area (Å²) in [6.45, 7) is 20.4. The molecular weight excluding hydrogens is 795 g/mol. The summed E-state index contributed by atoms with van der Waals surface area (Å²) >= 11 is 0. The fourth-order valence-corrected chi connectivity index (χ4v) is 10.5. The number of furan rings is 3. The summed E-state index contributed by atoms with van der Waals surface area (Å²) < 4.78 is 20.4. The maximum absolute atomic E-state index is 7.31. The van der Waals surface area contributed by atoms with E-state index in [1.165, 1.54) is 50.1 Å². The van der Waals surface area contributed by atoms with Crippen LogP contribution in [0, 0.1) is 20.8 Å². The van der Waals surface area contributed by atoms with Gasteiger partial charge in [0.1, 0.15) is 28.3 Å². The Labute approximate surface area is 381 Å². The van der Waals surface area contributed by atoms with Crippen LogP contribution in [0.3, 0.4) is 0 Å². The van der Waals surface area contributed by atoms with Crippen LogP contribution in [0.2, 0.25) is 0 Å². The van der Waals surface area contributed by atoms with Gasteiger partial charge in [-0.05, 0) is 137 Å². The highest BCUT2D eigenvalue weighted by Gasteiger charge is 2.47. The number of nitrogens with zero attached hydrogens (tertiary/aromatic N) is 2. The van der Waals surface area contributed by atoms with Crippen molar-refractivity contribution in [1.29, 1.82) is 0 Å². The highest BCUT2D eigenvalue weighted by molar-refractivity contribution is 7.00. The van der Waals surface area contributed by atoms with Crippen molar-refractivity contribution in [3.8, 4) is 22.6 Å². The second kappa shape index (κ2) is 13.9. The van der Waals surface area contributed by atoms with Crippen molar-refractivity contribution in [2.45, 2.75) is 73.1 Å². The van der Waals surface area contributed by atoms with E-state index in [9.17, 15) is 0 Å². The maximum Gasteiger partial charge on any atom is 0.297 e. The summed E-state index contributed by atoms with van der Waals surface area (Å²) in [5.41, 5.74) is 20.9. The molecule has 0 atom stereocenters. The molecule has 318 valence electrons. The molecule has 0 N–H and O–H groups in total. The molecule has 12 rings (SSSR count). The van der Waals surface area contributed by atoms with Crippen LogP contribution in [-0.2, 0) is 10.8 Å². The Bertz CT molecular complexity index is 3500. The van der Waals surface area contributed by atoms with Gasteiger partial charge in [-0.3, -0.25) is 0 Å². The van der Waals surface area contributed by atoms with Crippen molar-refractivity contribution in [2.75, 3.05) is 9.80 Å². The number of aryl methyl sites for hydroxylation is 3. The Morgan fingerprint density at radius 3 is 1.71 bits per heavy atom. The van der Waals surface area contributed by atoms with Gasteiger partial charge in [0.2, 0.25) is 0 Å². The Morgan fingerprint density at radius 1 is 0.462 bits per heavy atom. The molecule has 0 saturated carbocycles. The molecule has 0 spiro atoms. The van der Waals surface area contributed by atoms with E-state index in [-0.39, 0.29) is 17.5 Å². The Kier molecular flexibility index (Phi) is 8.44. The number of fused-ring (bicyclic) bond motifs is 8. The van der Waals surface area contributed by atoms with Crippen molar-refractivity contribution in [1.82, 2.24) is 0 Å². The molecule has 5 heterocycles. The molecule has 0 amide bonds. The molecule has 0 fully saturated rings. The van der Waals surface area contributed by atoms with E-state index in [1.807, 2.05) is 24.3 Å². The summed E-state index contributed by atoms with van der Waals surface area (Å²) in [6.07, 6.45) is 0. The quantitative estimate of drug-likeness (QED) is 0.165. The predicted octanol–water partition coefficient (Wildman–Crippen LogP) is 14.9. The van der Waals surface area contributed by atoms with E-state index < -0.39 is 0 Å². The van der Waals surface area contributed by atoms with E-state index in [0.717, 1.165) is 84.0 Å². The molecule has 65 heavy (non-hydrogen) atoms. The van der Waals surface area contributed by atoms with Gasteiger partial charge >= 0.3 is 0 Å². The standard InChI is InChI=1S/C59H51BN2O3/c1-34-25-47-54-48(26-34)62(55-35(2)27-42(28-36(55)3)59(7,8)9)56-44-33-41(58(4,5)6)22-24-51(44)65-57(56)60(54)45-23-21-40(53-32-39-16-11-13-20-50(39)64-53)30-46(45)61(47)43-18-14-17-37(29-43)52-31-38-15-10-12-19-49(38)63-52/h10-33H,1-9H3. The number of benzene rings is 7. The lowest BCUT2D eigenvalue weighted by Crippen LogP contribution is -2.61. The fourth-order valence-electron chi connectivity index (χ4n) is 10.5. The van der Waals surface area contributed by atoms with Gasteiger partial charge in [0.05, 0.1) is 17.0 Å². The Balaban J connectivity index is 1.16. The third-order valence-corrected chi connectivity index (χ3v) is 13.8. The van der Waals surface area contributed by atoms with E-state index in [0.29, 0.717) is 0 Å². The number of hydrogen-bond donors (Lipinski definition) is 0. The average molecular weight is 847 g/mol. The zero-order valence-electron chi connectivity index (χ0n) is 38.6. The molecule has 3 aromatic heterocycles. The summed E-state index contributed by atoms with van der Waals surface area (Å²) in [4.78, 5) is 5.01. The molecule has 5 nitrogen and oxygen atoms in total. The Morgan fingerprint density at radius 2 is 1.08 bits per heavy atom. The first kappa shape index (κ1) is 39.4. The highest BCUT2D eigenvalue weighted by atomic mass is 16.3. The van der Waals surface area contributed by atoms with Gasteiger partial charge in [-0.15, -0.1) is 0 Å². The minimum absolute atomic E-state index is 0.000989. The van der Waals surface area contributed by atoms with Crippen LogP contribution in [0.4, 0.5) is 34.1 Å². The normalized spacial score (nSPS) is 13.5. The molecule has 0 bridgehead atoms. The number of hydrogen-bond acceptors (Lipinski definition) is 5. The van der Waals surface area contributed by atoms with Crippen LogP contribution >= 0.6 is 0 Å². The highest BCUT2D eigenvalue weighted by Crippen LogP contribution is 2.50. The summed E-state index contributed by atoms with van der Waals surface area (Å²) in [5.74, 6) is 1.67. The first-order valence-electron chi connectivity index (χ1n) is 22.8. The molecular formula is C59H51BN2O3. The van der Waals surface area contributed by atoms with Gasteiger partial charge in [-0.2, -0.15) is 0 Å². The zero-order valence-corrected chi connectivity index (χ0v) is 38.6. The second-order valence-corrected chi connectivity index (χ2v) is 20.4. The van der Waals surface area contributed by atoms with Crippen molar-refractivity contribution < 1.29 is 13.3 Å². The molecule has 6 heteroatoms. The van der Waals surface area contributed by atoms with Crippen LogP contribution in [0.5, 0.6) is 0 Å². The van der Waals surface area contributed by atoms with Crippen LogP contribution in [0.1, 0.15) is 69.4 Å². The van der Waals surface area contributed by atoms with Crippen LogP contribution in [-0.4, -0.2) is 6.71 Å². The molecule has 2 aliphatic rings. The number of anilines is 6. The van der Waals surface area contributed by atoms with Gasteiger partial charge in [0.15, 0.2) is 0 Å². The SMILES string of the molecule is Cc1cc2c3c(c1)N(c1c(C)cc(C(C)(C)C)cc1C)c1c(oc4ccc(C(C)(C)C)cc14)B3c1ccc(-c3cc4ccccc4o3)cc1N2c1cccc(-c2cc3ccccc3o2)c1. The largest absolute Gasteiger partial charge is 0.468 e. The van der Waals surface area contributed by atoms with Gasteiger partial charge in [0, 0.05) is 50.0 Å². The van der Waals surface area contributed by atoms with Crippen LogP contribution in [0.25, 0.3) is 55.6 Å². The second-order valence-electron chi connectivity index (χ2n) is 20.4. The fraction of sp³-hybridized carbons (Fsp3) is 0.186. The van der Waals surface area contributed by atoms with Crippen molar-refractivity contribution in [3.63, 3.8) is 0 Å². The summed E-state index contributed by atoms with van der Waals surface area (Å²) in [7, 11) is 0. The lowest BCUT2D eigenvalue weighted by molar-refractivity contribution is 0.589. The average Bonchev–Trinajstić information content (AvgIpc) is 4.01. The van der Waals surface area contributed by atoms with Crippen LogP contribution < -0.4 is 26.4 Å². The molecule has 0 aliphatic carbocycles. The third-order valence-electron chi connectivity index (χ3n) is 13.8. The van der Waals surface area contributed by atoms with Crippen molar-refractivity contribution in [3.05, 3.63) is 173 Å². The van der Waals surface area contributed by atoms with Gasteiger partial charge < -0.3 is 23.1 Å². The smallest absolute Gasteiger partial charge is 0.297 e. The monoisotopic (exact) mass is 846 g/mol. The Hall–Kier alpha value is -7.18. The molecule has 0 radical (unpaired) electrons. The van der Waals surface area contributed by atoms with E-state index in [1.54, 1.807) is 0 Å². The molecule has 7 aromatic carbocycles. The molecule has 0 saturated heterocycles. The van der Waals surface area contributed by atoms with E-state index in [2.05, 4.69) is 193 Å². The minimum Gasteiger partial charge on any atom is -0.468 e. The van der Waals surface area contributed by atoms with Crippen LogP contribution in [0.15, 0.2) is 159 Å². The van der Waals surface area contributed by atoms with Gasteiger partial charge in [0.25, 0.3) is 6.71 Å². The van der Waals surface area contributed by atoms with Crippen molar-refractivity contribution >= 4 is 90.3 Å². The van der Waals surface area contributed by atoms with Gasteiger partial charge in [-0.25, -0.2) is 0 Å². The topological polar surface area (TPSA) is 45.9 Å². The maximum atomic E-state index is 7.31. The van der Waals surface area contributed by atoms with E-state index in [4.69, 9.17) is 13.3 Å². The van der Waals surface area contributed by atoms with E-state index >= 15 is 0 Å².